The normalized spacial score (nSPS) is 28.0. The van der Waals surface area contributed by atoms with Gasteiger partial charge in [0.05, 0.1) is 35.8 Å². The molecule has 9 heteroatoms. The molecule has 0 aromatic heterocycles. The number of likely N-dealkylation sites (tertiary alicyclic amines) is 1. The summed E-state index contributed by atoms with van der Waals surface area (Å²) < 4.78 is 4.65. The van der Waals surface area contributed by atoms with Gasteiger partial charge in [-0.05, 0) is 62.9 Å². The van der Waals surface area contributed by atoms with Crippen molar-refractivity contribution in [3.63, 3.8) is 0 Å². The summed E-state index contributed by atoms with van der Waals surface area (Å²) in [4.78, 5) is 48.5. The van der Waals surface area contributed by atoms with Crippen LogP contribution >= 0.6 is 11.8 Å². The molecule has 0 aliphatic carbocycles. The highest BCUT2D eigenvalue weighted by molar-refractivity contribution is 8.02. The van der Waals surface area contributed by atoms with Crippen LogP contribution in [0, 0.1) is 17.8 Å². The monoisotopic (exact) mass is 605 g/mol. The first-order valence-electron chi connectivity index (χ1n) is 15.4. The zero-order chi connectivity index (χ0) is 30.9. The van der Waals surface area contributed by atoms with Gasteiger partial charge in [0, 0.05) is 36.3 Å². The second-order valence-corrected chi connectivity index (χ2v) is 13.1. The van der Waals surface area contributed by atoms with Crippen molar-refractivity contribution in [2.45, 2.75) is 56.2 Å². The molecule has 43 heavy (non-hydrogen) atoms. The van der Waals surface area contributed by atoms with Crippen molar-refractivity contribution in [3.8, 4) is 0 Å². The van der Waals surface area contributed by atoms with Gasteiger partial charge in [-0.25, -0.2) is 0 Å². The van der Waals surface area contributed by atoms with Crippen LogP contribution in [0.15, 0.2) is 67.3 Å². The third-order valence-corrected chi connectivity index (χ3v) is 11.6. The van der Waals surface area contributed by atoms with Crippen molar-refractivity contribution < 1.29 is 24.2 Å². The van der Waals surface area contributed by atoms with Crippen LogP contribution in [0.2, 0.25) is 0 Å². The molecule has 230 valence electrons. The molecule has 2 aromatic carbocycles. The predicted molar refractivity (Wildman–Crippen MR) is 171 cm³/mol. The van der Waals surface area contributed by atoms with Crippen LogP contribution in [0.4, 0.5) is 11.4 Å². The van der Waals surface area contributed by atoms with Crippen molar-refractivity contribution in [2.75, 3.05) is 42.6 Å². The van der Waals surface area contributed by atoms with Crippen LogP contribution in [-0.4, -0.2) is 76.7 Å². The molecule has 3 saturated heterocycles. The molecule has 2 aromatic rings. The molecule has 2 amide bonds. The van der Waals surface area contributed by atoms with Gasteiger partial charge in [-0.15, -0.1) is 18.3 Å². The second-order valence-electron chi connectivity index (χ2n) is 11.6. The quantitative estimate of drug-likeness (QED) is 0.278. The lowest BCUT2D eigenvalue weighted by atomic mass is 9.66. The van der Waals surface area contributed by atoms with Crippen molar-refractivity contribution in [1.82, 2.24) is 4.90 Å². The van der Waals surface area contributed by atoms with E-state index in [1.54, 1.807) is 34.6 Å². The van der Waals surface area contributed by atoms with Crippen molar-refractivity contribution in [1.29, 1.82) is 0 Å². The fourth-order valence-electron chi connectivity index (χ4n) is 7.64. The number of aliphatic hydroxyl groups excluding tert-OH is 1. The number of hydrogen-bond donors (Lipinski definition) is 1. The van der Waals surface area contributed by atoms with Crippen LogP contribution < -0.4 is 9.80 Å². The smallest absolute Gasteiger partial charge is 0.310 e. The fourth-order valence-corrected chi connectivity index (χ4v) is 10.0. The average molecular weight is 606 g/mol. The Kier molecular flexibility index (Phi) is 9.23. The first-order chi connectivity index (χ1) is 20.8. The van der Waals surface area contributed by atoms with Crippen LogP contribution in [0.1, 0.15) is 45.7 Å². The summed E-state index contributed by atoms with van der Waals surface area (Å²) in [6.45, 7) is 13.9. The van der Waals surface area contributed by atoms with Gasteiger partial charge in [0.15, 0.2) is 0 Å². The lowest BCUT2D eigenvalue weighted by molar-refractivity contribution is -0.154. The molecule has 3 fully saturated rings. The second kappa shape index (κ2) is 12.7. The van der Waals surface area contributed by atoms with Gasteiger partial charge in [0.1, 0.15) is 6.04 Å². The van der Waals surface area contributed by atoms with E-state index in [1.807, 2.05) is 54.6 Å². The van der Waals surface area contributed by atoms with Crippen molar-refractivity contribution >= 4 is 40.9 Å². The van der Waals surface area contributed by atoms with Crippen LogP contribution in [-0.2, 0) is 19.1 Å². The predicted octanol–water partition coefficient (Wildman–Crippen LogP) is 4.69. The maximum Gasteiger partial charge on any atom is 0.310 e. The number of amides is 2. The molecule has 3 aliphatic heterocycles. The Morgan fingerprint density at radius 1 is 1.12 bits per heavy atom. The zero-order valence-corrected chi connectivity index (χ0v) is 26.3. The first-order valence-corrected chi connectivity index (χ1v) is 16.3. The molecule has 0 saturated carbocycles. The Balaban J connectivity index is 1.63. The molecule has 1 N–H and O–H groups in total. The van der Waals surface area contributed by atoms with E-state index in [4.69, 9.17) is 4.74 Å². The number of benzene rings is 2. The molecule has 3 unspecified atom stereocenters. The summed E-state index contributed by atoms with van der Waals surface area (Å²) in [5, 5.41) is 10.7. The van der Waals surface area contributed by atoms with E-state index in [-0.39, 0.29) is 48.7 Å². The highest BCUT2D eigenvalue weighted by Gasteiger charge is 2.77. The molecular formula is C34H43N3O5S. The van der Waals surface area contributed by atoms with E-state index in [9.17, 15) is 14.7 Å². The Morgan fingerprint density at radius 2 is 1.77 bits per heavy atom. The number of carbonyl (C=O) groups excluding carboxylic acids is 3. The SMILES string of the molecule is C=CCN(C(=O)C1N([C@H](CO)c2ccccc2)C(=O)[C@@H]2[C@H](C(=O)OCC)[C@@H]3CC(C)C12S3)c1ccc(N(CC)CC)cc1. The van der Waals surface area contributed by atoms with Gasteiger partial charge in [-0.3, -0.25) is 14.4 Å². The number of hydrogen-bond acceptors (Lipinski definition) is 7. The Morgan fingerprint density at radius 3 is 2.35 bits per heavy atom. The molecule has 3 heterocycles. The summed E-state index contributed by atoms with van der Waals surface area (Å²) in [5.74, 6) is -2.23. The number of anilines is 2. The highest BCUT2D eigenvalue weighted by Crippen LogP contribution is 2.69. The number of aliphatic hydroxyl groups is 1. The Labute approximate surface area is 259 Å². The Bertz CT molecular complexity index is 1330. The van der Waals surface area contributed by atoms with E-state index in [2.05, 4.69) is 32.3 Å². The maximum atomic E-state index is 15.0. The van der Waals surface area contributed by atoms with E-state index in [0.717, 1.165) is 24.3 Å². The third-order valence-electron chi connectivity index (χ3n) is 9.54. The molecule has 7 atom stereocenters. The van der Waals surface area contributed by atoms with Crippen LogP contribution in [0.5, 0.6) is 0 Å². The van der Waals surface area contributed by atoms with Gasteiger partial charge < -0.3 is 24.5 Å². The van der Waals surface area contributed by atoms with Gasteiger partial charge in [0.2, 0.25) is 5.91 Å². The van der Waals surface area contributed by atoms with Crippen molar-refractivity contribution in [2.24, 2.45) is 17.8 Å². The van der Waals surface area contributed by atoms with Crippen LogP contribution in [0.3, 0.4) is 0 Å². The number of rotatable bonds is 12. The van der Waals surface area contributed by atoms with Gasteiger partial charge in [-0.2, -0.15) is 0 Å². The molecular weight excluding hydrogens is 562 g/mol. The number of carbonyl (C=O) groups is 3. The minimum atomic E-state index is -0.894. The molecule has 2 bridgehead atoms. The van der Waals surface area contributed by atoms with E-state index < -0.39 is 28.7 Å². The Hall–Kier alpha value is -3.30. The number of fused-ring (bicyclic) bond motifs is 1. The lowest BCUT2D eigenvalue weighted by Gasteiger charge is -2.42. The summed E-state index contributed by atoms with van der Waals surface area (Å²) in [6.07, 6.45) is 2.40. The van der Waals surface area contributed by atoms with Crippen molar-refractivity contribution in [3.05, 3.63) is 72.8 Å². The topological polar surface area (TPSA) is 90.4 Å². The first kappa shape index (κ1) is 31.1. The number of thioether (sulfide) groups is 1. The molecule has 3 aliphatic rings. The molecule has 1 spiro atoms. The molecule has 0 radical (unpaired) electrons. The number of esters is 1. The summed E-state index contributed by atoms with van der Waals surface area (Å²) in [6, 6.07) is 15.6. The van der Waals surface area contributed by atoms with Crippen LogP contribution in [0.25, 0.3) is 0 Å². The number of ether oxygens (including phenoxy) is 1. The largest absolute Gasteiger partial charge is 0.466 e. The van der Waals surface area contributed by atoms with Gasteiger partial charge in [-0.1, -0.05) is 43.3 Å². The maximum absolute atomic E-state index is 15.0. The van der Waals surface area contributed by atoms with Gasteiger partial charge >= 0.3 is 5.97 Å². The number of nitrogens with zero attached hydrogens (tertiary/aromatic N) is 3. The molecule has 8 nitrogen and oxygen atoms in total. The fraction of sp³-hybridized carbons (Fsp3) is 0.500. The summed E-state index contributed by atoms with van der Waals surface area (Å²) >= 11 is 1.60. The third kappa shape index (κ3) is 5.04. The standard InChI is InChI=1S/C34H43N3O5S/c1-6-19-36(25-17-15-24(16-18-25)35(7-2)8-3)32(40)30-34-22(5)20-27(43-34)28(33(41)42-9-4)29(34)31(39)37(30)26(21-38)23-13-11-10-12-14-23/h6,10-18,22,26-30,38H,1,7-9,19-21H2,2-5H3/t22?,26-,27+,28-,29+,30?,34?/m1/s1. The lowest BCUT2D eigenvalue weighted by Crippen LogP contribution is -2.58. The average Bonchev–Trinajstić information content (AvgIpc) is 3.61. The summed E-state index contributed by atoms with van der Waals surface area (Å²) in [7, 11) is 0. The van der Waals surface area contributed by atoms with E-state index in [1.165, 1.54) is 0 Å². The van der Waals surface area contributed by atoms with Gasteiger partial charge in [0.25, 0.3) is 5.91 Å². The van der Waals surface area contributed by atoms with E-state index >= 15 is 4.79 Å². The van der Waals surface area contributed by atoms with E-state index in [0.29, 0.717) is 12.1 Å². The minimum absolute atomic E-state index is 0.00758. The zero-order valence-electron chi connectivity index (χ0n) is 25.5. The minimum Gasteiger partial charge on any atom is -0.466 e. The summed E-state index contributed by atoms with van der Waals surface area (Å²) in [5.41, 5.74) is 2.52. The highest BCUT2D eigenvalue weighted by atomic mass is 32.2. The molecule has 5 rings (SSSR count).